The molecule has 2 aromatic carbocycles. The normalized spacial score (nSPS) is 17.4. The maximum atomic E-state index is 12.8. The number of para-hydroxylation sites is 2. The highest BCUT2D eigenvalue weighted by atomic mass is 16.6. The average molecular weight is 336 g/mol. The molecule has 0 bridgehead atoms. The monoisotopic (exact) mass is 336 g/mol. The number of nitro groups is 1. The maximum absolute atomic E-state index is 12.8. The number of hydrogen-bond donors (Lipinski definition) is 0. The van der Waals surface area contributed by atoms with Gasteiger partial charge in [0.05, 0.1) is 34.4 Å². The summed E-state index contributed by atoms with van der Waals surface area (Å²) in [5, 5.41) is 10.7. The smallest absolute Gasteiger partial charge is 0.269 e. The molecule has 1 fully saturated rings. The second-order valence-corrected chi connectivity index (χ2v) is 5.70. The molecule has 1 saturated heterocycles. The van der Waals surface area contributed by atoms with Crippen LogP contribution in [-0.4, -0.2) is 26.3 Å². The molecule has 0 aliphatic carbocycles. The van der Waals surface area contributed by atoms with Crippen molar-refractivity contribution in [3.8, 4) is 0 Å². The number of fused-ring (bicyclic) bond motifs is 1. The molecule has 2 heterocycles. The Hall–Kier alpha value is -3.55. The zero-order chi connectivity index (χ0) is 17.6. The Morgan fingerprint density at radius 1 is 1.08 bits per heavy atom. The minimum atomic E-state index is -0.671. The fourth-order valence-corrected chi connectivity index (χ4v) is 3.05. The van der Waals surface area contributed by atoms with Crippen LogP contribution in [0.1, 0.15) is 12.5 Å². The predicted molar refractivity (Wildman–Crippen MR) is 89.0 cm³/mol. The number of non-ortho nitro benzene ring substituents is 1. The fourth-order valence-electron chi connectivity index (χ4n) is 3.05. The molecule has 0 spiro atoms. The zero-order valence-electron chi connectivity index (χ0n) is 12.9. The maximum Gasteiger partial charge on any atom is 0.269 e. The van der Waals surface area contributed by atoms with Crippen LogP contribution in [-0.2, 0) is 9.59 Å². The van der Waals surface area contributed by atoms with E-state index < -0.39 is 11.0 Å². The summed E-state index contributed by atoms with van der Waals surface area (Å²) in [5.41, 5.74) is 1.75. The van der Waals surface area contributed by atoms with Crippen molar-refractivity contribution in [1.29, 1.82) is 0 Å². The molecule has 2 amide bonds. The topological polar surface area (TPSA) is 98.3 Å². The summed E-state index contributed by atoms with van der Waals surface area (Å²) in [5.74, 6) is -0.719. The predicted octanol–water partition coefficient (Wildman–Crippen LogP) is 2.45. The van der Waals surface area contributed by atoms with Crippen molar-refractivity contribution in [2.45, 2.75) is 12.5 Å². The summed E-state index contributed by atoms with van der Waals surface area (Å²) in [6, 6.07) is 12.1. The Bertz CT molecular complexity index is 1010. The molecule has 4 rings (SSSR count). The van der Waals surface area contributed by atoms with Gasteiger partial charge in [0.2, 0.25) is 5.91 Å². The Labute approximate surface area is 141 Å². The standard InChI is InChI=1S/C17H12N4O4/c22-16-9-15(19-10-18-13-3-1-2-4-14(13)19)17(23)20(16)11-5-7-12(8-6-11)21(24)25/h1-8,10,15H,9H2. The van der Waals surface area contributed by atoms with Gasteiger partial charge in [-0.05, 0) is 24.3 Å². The summed E-state index contributed by atoms with van der Waals surface area (Å²) in [6.45, 7) is 0. The van der Waals surface area contributed by atoms with Gasteiger partial charge in [-0.2, -0.15) is 0 Å². The largest absolute Gasteiger partial charge is 0.317 e. The lowest BCUT2D eigenvalue weighted by Crippen LogP contribution is -2.31. The van der Waals surface area contributed by atoms with Gasteiger partial charge < -0.3 is 4.57 Å². The lowest BCUT2D eigenvalue weighted by molar-refractivity contribution is -0.384. The SMILES string of the molecule is O=C1CC(n2cnc3ccccc32)C(=O)N1c1ccc([N+](=O)[O-])cc1. The molecule has 1 aliphatic heterocycles. The van der Waals surface area contributed by atoms with Gasteiger partial charge in [-0.1, -0.05) is 12.1 Å². The number of benzene rings is 2. The molecule has 3 aromatic rings. The van der Waals surface area contributed by atoms with Crippen LogP contribution in [0.5, 0.6) is 0 Å². The number of amides is 2. The van der Waals surface area contributed by atoms with Crippen molar-refractivity contribution in [3.63, 3.8) is 0 Å². The molecule has 8 nitrogen and oxygen atoms in total. The van der Waals surface area contributed by atoms with Crippen LogP contribution in [0.3, 0.4) is 0 Å². The highest BCUT2D eigenvalue weighted by Crippen LogP contribution is 2.32. The number of carbonyl (C=O) groups is 2. The average Bonchev–Trinajstić information content (AvgIpc) is 3.16. The number of carbonyl (C=O) groups excluding carboxylic acids is 2. The van der Waals surface area contributed by atoms with Gasteiger partial charge in [0.1, 0.15) is 6.04 Å². The molecule has 1 aromatic heterocycles. The van der Waals surface area contributed by atoms with Gasteiger partial charge in [-0.25, -0.2) is 9.88 Å². The van der Waals surface area contributed by atoms with Gasteiger partial charge in [-0.15, -0.1) is 0 Å². The summed E-state index contributed by atoms with van der Waals surface area (Å²) in [6.07, 6.45) is 1.58. The lowest BCUT2D eigenvalue weighted by Gasteiger charge is -2.15. The number of hydrogen-bond acceptors (Lipinski definition) is 5. The van der Waals surface area contributed by atoms with E-state index in [9.17, 15) is 19.7 Å². The number of anilines is 1. The third-order valence-corrected chi connectivity index (χ3v) is 4.26. The number of imide groups is 1. The zero-order valence-corrected chi connectivity index (χ0v) is 12.9. The van der Waals surface area contributed by atoms with E-state index in [1.165, 1.54) is 24.3 Å². The Morgan fingerprint density at radius 2 is 1.80 bits per heavy atom. The van der Waals surface area contributed by atoms with E-state index in [2.05, 4.69) is 4.98 Å². The van der Waals surface area contributed by atoms with Gasteiger partial charge in [0.15, 0.2) is 0 Å². The van der Waals surface area contributed by atoms with E-state index in [1.807, 2.05) is 24.3 Å². The Morgan fingerprint density at radius 3 is 2.52 bits per heavy atom. The molecular formula is C17H12N4O4. The summed E-state index contributed by atoms with van der Waals surface area (Å²) in [7, 11) is 0. The van der Waals surface area contributed by atoms with E-state index in [4.69, 9.17) is 0 Å². The van der Waals surface area contributed by atoms with Crippen molar-refractivity contribution in [1.82, 2.24) is 9.55 Å². The van der Waals surface area contributed by atoms with Crippen molar-refractivity contribution in [2.24, 2.45) is 0 Å². The minimum absolute atomic E-state index is 0.0240. The quantitative estimate of drug-likeness (QED) is 0.415. The molecule has 0 N–H and O–H groups in total. The first-order chi connectivity index (χ1) is 12.1. The van der Waals surface area contributed by atoms with Crippen LogP contribution in [0.15, 0.2) is 54.9 Å². The molecule has 1 unspecified atom stereocenters. The number of nitro benzene ring substituents is 1. The lowest BCUT2D eigenvalue weighted by atomic mass is 10.2. The van der Waals surface area contributed by atoms with Crippen molar-refractivity contribution in [2.75, 3.05) is 4.90 Å². The van der Waals surface area contributed by atoms with Crippen LogP contribution in [0.2, 0.25) is 0 Å². The third kappa shape index (κ3) is 2.35. The van der Waals surface area contributed by atoms with Crippen LogP contribution < -0.4 is 4.90 Å². The van der Waals surface area contributed by atoms with Gasteiger partial charge in [0.25, 0.3) is 11.6 Å². The van der Waals surface area contributed by atoms with Crippen molar-refractivity contribution < 1.29 is 14.5 Å². The van der Waals surface area contributed by atoms with Crippen LogP contribution >= 0.6 is 0 Å². The molecule has 1 atom stereocenters. The van der Waals surface area contributed by atoms with Crippen molar-refractivity contribution >= 4 is 34.2 Å². The number of aromatic nitrogens is 2. The highest BCUT2D eigenvalue weighted by Gasteiger charge is 2.41. The van der Waals surface area contributed by atoms with E-state index in [0.717, 1.165) is 15.9 Å². The Balaban J connectivity index is 1.69. The molecule has 25 heavy (non-hydrogen) atoms. The first-order valence-electron chi connectivity index (χ1n) is 7.59. The van der Waals surface area contributed by atoms with E-state index >= 15 is 0 Å². The first-order valence-corrected chi connectivity index (χ1v) is 7.59. The molecule has 1 aliphatic rings. The number of imidazole rings is 1. The van der Waals surface area contributed by atoms with Crippen LogP contribution in [0, 0.1) is 10.1 Å². The Kier molecular flexibility index (Phi) is 3.31. The second kappa shape index (κ2) is 5.52. The van der Waals surface area contributed by atoms with Crippen molar-refractivity contribution in [3.05, 3.63) is 65.0 Å². The second-order valence-electron chi connectivity index (χ2n) is 5.70. The molecular weight excluding hydrogens is 324 g/mol. The summed E-state index contributed by atoms with van der Waals surface area (Å²) >= 11 is 0. The van der Waals surface area contributed by atoms with Gasteiger partial charge in [0, 0.05) is 12.1 Å². The van der Waals surface area contributed by atoms with E-state index in [1.54, 1.807) is 10.9 Å². The van der Waals surface area contributed by atoms with E-state index in [-0.39, 0.29) is 23.9 Å². The minimum Gasteiger partial charge on any atom is -0.317 e. The number of rotatable bonds is 3. The van der Waals surface area contributed by atoms with E-state index in [0.29, 0.717) is 5.69 Å². The fraction of sp³-hybridized carbons (Fsp3) is 0.118. The van der Waals surface area contributed by atoms with Gasteiger partial charge >= 0.3 is 0 Å². The molecule has 8 heteroatoms. The number of nitrogens with zero attached hydrogens (tertiary/aromatic N) is 4. The first kappa shape index (κ1) is 15.0. The van der Waals surface area contributed by atoms with Crippen LogP contribution in [0.25, 0.3) is 11.0 Å². The molecule has 0 saturated carbocycles. The van der Waals surface area contributed by atoms with Crippen LogP contribution in [0.4, 0.5) is 11.4 Å². The third-order valence-electron chi connectivity index (χ3n) is 4.26. The molecule has 124 valence electrons. The molecule has 0 radical (unpaired) electrons. The summed E-state index contributed by atoms with van der Waals surface area (Å²) in [4.78, 5) is 40.7. The summed E-state index contributed by atoms with van der Waals surface area (Å²) < 4.78 is 1.70. The highest BCUT2D eigenvalue weighted by molar-refractivity contribution is 6.21. The van der Waals surface area contributed by atoms with Gasteiger partial charge in [-0.3, -0.25) is 19.7 Å².